The maximum Gasteiger partial charge on any atom is 0.192 e. The van der Waals surface area contributed by atoms with Crippen LogP contribution in [-0.2, 0) is 13.9 Å². The van der Waals surface area contributed by atoms with Crippen LogP contribution in [0.25, 0.3) is 0 Å². The molecule has 1 aliphatic heterocycles. The summed E-state index contributed by atoms with van der Waals surface area (Å²) >= 11 is 0. The van der Waals surface area contributed by atoms with E-state index >= 15 is 0 Å². The van der Waals surface area contributed by atoms with Crippen molar-refractivity contribution in [3.63, 3.8) is 0 Å². The van der Waals surface area contributed by atoms with Crippen LogP contribution in [0, 0.1) is 5.92 Å². The summed E-state index contributed by atoms with van der Waals surface area (Å²) in [6.07, 6.45) is 0.886. The topological polar surface area (TPSA) is 47.9 Å². The number of ether oxygens (including phenoxy) is 2. The minimum atomic E-state index is -1.95. The fraction of sp³-hybridized carbons (Fsp3) is 1.00. The average Bonchev–Trinajstić information content (AvgIpc) is 2.72. The Morgan fingerprint density at radius 2 is 1.64 bits per heavy atom. The highest BCUT2D eigenvalue weighted by atomic mass is 28.4. The summed E-state index contributed by atoms with van der Waals surface area (Å²) in [5.41, 5.74) is -0.580. The zero-order valence-corrected chi connectivity index (χ0v) is 19.4. The molecule has 4 nitrogen and oxygen atoms in total. The second kappa shape index (κ2) is 7.59. The van der Waals surface area contributed by atoms with Gasteiger partial charge in [-0.15, -0.1) is 0 Å². The van der Waals surface area contributed by atoms with Crippen LogP contribution in [0.4, 0.5) is 0 Å². The SMILES string of the molecule is CC[C@@H](O)[C@H](C)[C@H]1OC(C)(C)O[C@]1(C)[C@@H](CC)O[Si](C)(C)C(C)(C)C. The van der Waals surface area contributed by atoms with E-state index in [1.165, 1.54) is 0 Å². The van der Waals surface area contributed by atoms with Gasteiger partial charge in [0, 0.05) is 5.92 Å². The van der Waals surface area contributed by atoms with E-state index in [1.54, 1.807) is 0 Å². The summed E-state index contributed by atoms with van der Waals surface area (Å²) < 4.78 is 19.5. The minimum Gasteiger partial charge on any atom is -0.411 e. The van der Waals surface area contributed by atoms with Crippen molar-refractivity contribution >= 4 is 8.32 Å². The summed E-state index contributed by atoms with van der Waals surface area (Å²) in [5.74, 6) is -0.695. The highest BCUT2D eigenvalue weighted by molar-refractivity contribution is 6.74. The molecular weight excluding hydrogens is 332 g/mol. The van der Waals surface area contributed by atoms with Crippen molar-refractivity contribution in [1.29, 1.82) is 0 Å². The molecule has 0 spiro atoms. The Hall–Kier alpha value is 0.0569. The Balaban J connectivity index is 3.21. The number of hydrogen-bond donors (Lipinski definition) is 1. The number of rotatable bonds is 7. The van der Waals surface area contributed by atoms with E-state index in [0.717, 1.165) is 6.42 Å². The van der Waals surface area contributed by atoms with Gasteiger partial charge in [0.05, 0.1) is 18.3 Å². The zero-order chi connectivity index (χ0) is 19.8. The van der Waals surface area contributed by atoms with E-state index < -0.39 is 25.8 Å². The smallest absolute Gasteiger partial charge is 0.192 e. The molecule has 150 valence electrons. The van der Waals surface area contributed by atoms with Crippen LogP contribution in [0.15, 0.2) is 0 Å². The van der Waals surface area contributed by atoms with Crippen LogP contribution in [0.5, 0.6) is 0 Å². The molecule has 0 unspecified atom stereocenters. The third-order valence-corrected chi connectivity index (χ3v) is 10.7. The molecule has 0 radical (unpaired) electrons. The van der Waals surface area contributed by atoms with Gasteiger partial charge in [-0.2, -0.15) is 0 Å². The Kier molecular flexibility index (Phi) is 7.01. The second-order valence-electron chi connectivity index (χ2n) is 9.83. The van der Waals surface area contributed by atoms with Crippen LogP contribution in [0.1, 0.15) is 75.2 Å². The fourth-order valence-electron chi connectivity index (χ4n) is 3.62. The molecule has 0 saturated carbocycles. The maximum atomic E-state index is 10.4. The van der Waals surface area contributed by atoms with Gasteiger partial charge >= 0.3 is 0 Å². The van der Waals surface area contributed by atoms with Crippen molar-refractivity contribution in [3.8, 4) is 0 Å². The monoisotopic (exact) mass is 374 g/mol. The summed E-state index contributed by atoms with van der Waals surface area (Å²) in [6, 6.07) is 0. The van der Waals surface area contributed by atoms with E-state index in [2.05, 4.69) is 54.6 Å². The van der Waals surface area contributed by atoms with Gasteiger partial charge in [-0.3, -0.25) is 0 Å². The first-order valence-corrected chi connectivity index (χ1v) is 12.8. The van der Waals surface area contributed by atoms with E-state index in [4.69, 9.17) is 13.9 Å². The van der Waals surface area contributed by atoms with Gasteiger partial charge in [-0.1, -0.05) is 41.5 Å². The molecule has 1 heterocycles. The number of hydrogen-bond acceptors (Lipinski definition) is 4. The van der Waals surface area contributed by atoms with Gasteiger partial charge < -0.3 is 19.0 Å². The van der Waals surface area contributed by atoms with Gasteiger partial charge in [0.15, 0.2) is 14.1 Å². The standard InChI is InChI=1S/C20H42O4Si/c1-12-15(21)14(3)17-20(9,24-19(7,8)22-17)16(13-2)23-25(10,11)18(4,5)6/h14-17,21H,12-13H2,1-11H3/t14-,15+,16+,17+,20+/m0/s1. The van der Waals surface area contributed by atoms with Crippen molar-refractivity contribution in [2.24, 2.45) is 5.92 Å². The normalized spacial score (nSPS) is 31.0. The number of aliphatic hydroxyl groups is 1. The molecule has 5 atom stereocenters. The summed E-state index contributed by atoms with van der Waals surface area (Å²) in [6.45, 7) is 23.5. The lowest BCUT2D eigenvalue weighted by Gasteiger charge is -2.46. The molecule has 1 aliphatic rings. The molecule has 0 amide bonds. The van der Waals surface area contributed by atoms with Crippen LogP contribution in [0.2, 0.25) is 18.1 Å². The molecule has 0 aliphatic carbocycles. The predicted molar refractivity (Wildman–Crippen MR) is 106 cm³/mol. The Bertz CT molecular complexity index is 443. The van der Waals surface area contributed by atoms with Gasteiger partial charge in [0.25, 0.3) is 0 Å². The van der Waals surface area contributed by atoms with Crippen molar-refractivity contribution in [3.05, 3.63) is 0 Å². The summed E-state index contributed by atoms with van der Waals surface area (Å²) in [4.78, 5) is 0. The van der Waals surface area contributed by atoms with Crippen molar-refractivity contribution < 1.29 is 19.0 Å². The van der Waals surface area contributed by atoms with E-state index in [0.29, 0.717) is 6.42 Å². The molecule has 5 heteroatoms. The first kappa shape index (κ1) is 23.1. The summed E-state index contributed by atoms with van der Waals surface area (Å²) in [7, 11) is -1.95. The molecule has 0 aromatic carbocycles. The molecular formula is C20H42O4Si. The first-order valence-electron chi connectivity index (χ1n) is 9.85. The van der Waals surface area contributed by atoms with Gasteiger partial charge in [-0.25, -0.2) is 0 Å². The Morgan fingerprint density at radius 1 is 1.12 bits per heavy atom. The lowest BCUT2D eigenvalue weighted by molar-refractivity contribution is -0.178. The zero-order valence-electron chi connectivity index (χ0n) is 18.4. The van der Waals surface area contributed by atoms with E-state index in [9.17, 15) is 5.11 Å². The molecule has 0 aromatic heterocycles. The van der Waals surface area contributed by atoms with Gasteiger partial charge in [0.1, 0.15) is 5.60 Å². The maximum absolute atomic E-state index is 10.4. The molecule has 1 fully saturated rings. The summed E-state index contributed by atoms with van der Waals surface area (Å²) in [5, 5.41) is 10.6. The van der Waals surface area contributed by atoms with Crippen molar-refractivity contribution in [2.45, 2.75) is 123 Å². The lowest BCUT2D eigenvalue weighted by Crippen LogP contribution is -2.57. The van der Waals surface area contributed by atoms with Crippen LogP contribution in [0.3, 0.4) is 0 Å². The van der Waals surface area contributed by atoms with Crippen LogP contribution < -0.4 is 0 Å². The Morgan fingerprint density at radius 3 is 2.04 bits per heavy atom. The molecule has 25 heavy (non-hydrogen) atoms. The van der Waals surface area contributed by atoms with Gasteiger partial charge in [0.2, 0.25) is 0 Å². The molecule has 0 bridgehead atoms. The predicted octanol–water partition coefficient (Wildman–Crippen LogP) is 5.10. The second-order valence-corrected chi connectivity index (χ2v) is 14.6. The third-order valence-electron chi connectivity index (χ3n) is 6.20. The third kappa shape index (κ3) is 4.86. The van der Waals surface area contributed by atoms with Crippen molar-refractivity contribution in [1.82, 2.24) is 0 Å². The van der Waals surface area contributed by atoms with E-state index in [1.807, 2.05) is 20.8 Å². The first-order chi connectivity index (χ1) is 11.1. The minimum absolute atomic E-state index is 0.0196. The fourth-order valence-corrected chi connectivity index (χ4v) is 5.09. The highest BCUT2D eigenvalue weighted by Gasteiger charge is 2.58. The molecule has 1 N–H and O–H groups in total. The molecule has 0 aromatic rings. The number of aliphatic hydroxyl groups excluding tert-OH is 1. The quantitative estimate of drug-likeness (QED) is 0.630. The molecule has 1 saturated heterocycles. The van der Waals surface area contributed by atoms with Crippen LogP contribution >= 0.6 is 0 Å². The van der Waals surface area contributed by atoms with E-state index in [-0.39, 0.29) is 23.2 Å². The highest BCUT2D eigenvalue weighted by Crippen LogP contribution is 2.47. The van der Waals surface area contributed by atoms with Crippen molar-refractivity contribution in [2.75, 3.05) is 0 Å². The Labute approximate surface area is 156 Å². The van der Waals surface area contributed by atoms with Crippen LogP contribution in [-0.4, -0.2) is 43.1 Å². The lowest BCUT2D eigenvalue weighted by atomic mass is 9.81. The molecule has 1 rings (SSSR count). The van der Waals surface area contributed by atoms with Gasteiger partial charge in [-0.05, 0) is 51.7 Å². The average molecular weight is 375 g/mol. The largest absolute Gasteiger partial charge is 0.411 e.